The maximum absolute atomic E-state index is 12.1. The number of aryl methyl sites for hydroxylation is 1. The summed E-state index contributed by atoms with van der Waals surface area (Å²) in [5, 5.41) is 5.30. The summed E-state index contributed by atoms with van der Waals surface area (Å²) in [4.78, 5) is 24.5. The molecular formula is C23H20N4O. The van der Waals surface area contributed by atoms with E-state index < -0.39 is 0 Å². The molecule has 0 saturated heterocycles. The maximum Gasteiger partial charge on any atom is 0.228 e. The highest BCUT2D eigenvalue weighted by Gasteiger charge is 2.29. The highest BCUT2D eigenvalue weighted by molar-refractivity contribution is 5.94. The second-order valence-corrected chi connectivity index (χ2v) is 7.30. The van der Waals surface area contributed by atoms with Crippen molar-refractivity contribution in [1.82, 2.24) is 15.0 Å². The number of aromatic nitrogens is 3. The van der Waals surface area contributed by atoms with Crippen LogP contribution in [-0.4, -0.2) is 20.9 Å². The standard InChI is InChI=1S/C23H20N4O/c1-14-25-21(18-9-6-15-4-2-3-5-17(15)12-18)22(26-14)19-10-11-24-20(13-19)27-23(28)16-7-8-16/h2-6,9-13,16H,7-8H2,1H3,(H,25,26)(H,24,27,28). The minimum atomic E-state index is 0.0557. The maximum atomic E-state index is 12.1. The van der Waals surface area contributed by atoms with E-state index in [4.69, 9.17) is 4.98 Å². The van der Waals surface area contributed by atoms with E-state index in [2.05, 4.69) is 45.6 Å². The lowest BCUT2D eigenvalue weighted by Crippen LogP contribution is -2.14. The van der Waals surface area contributed by atoms with Crippen molar-refractivity contribution in [2.75, 3.05) is 5.32 Å². The van der Waals surface area contributed by atoms with Gasteiger partial charge in [0.15, 0.2) is 0 Å². The van der Waals surface area contributed by atoms with E-state index in [-0.39, 0.29) is 11.8 Å². The summed E-state index contributed by atoms with van der Waals surface area (Å²) in [6.45, 7) is 1.95. The van der Waals surface area contributed by atoms with Crippen LogP contribution in [0.3, 0.4) is 0 Å². The zero-order valence-electron chi connectivity index (χ0n) is 15.6. The second kappa shape index (κ2) is 6.60. The normalized spacial score (nSPS) is 13.6. The average molecular weight is 368 g/mol. The molecule has 1 aliphatic carbocycles. The largest absolute Gasteiger partial charge is 0.342 e. The molecule has 0 unspecified atom stereocenters. The SMILES string of the molecule is Cc1nc(-c2ccc3ccccc3c2)c(-c2ccnc(NC(=O)C3CC3)c2)[nH]1. The first-order valence-corrected chi connectivity index (χ1v) is 9.50. The number of fused-ring (bicyclic) bond motifs is 1. The molecule has 0 bridgehead atoms. The lowest BCUT2D eigenvalue weighted by Gasteiger charge is -2.08. The van der Waals surface area contributed by atoms with Crippen molar-refractivity contribution in [3.63, 3.8) is 0 Å². The fourth-order valence-corrected chi connectivity index (χ4v) is 3.47. The highest BCUT2D eigenvalue weighted by atomic mass is 16.2. The number of amides is 1. The van der Waals surface area contributed by atoms with Crippen molar-refractivity contribution >= 4 is 22.5 Å². The Bertz CT molecular complexity index is 1190. The van der Waals surface area contributed by atoms with E-state index in [1.54, 1.807) is 6.20 Å². The van der Waals surface area contributed by atoms with Gasteiger partial charge in [0.2, 0.25) is 5.91 Å². The number of nitrogens with one attached hydrogen (secondary N) is 2. The Morgan fingerprint density at radius 2 is 1.86 bits per heavy atom. The predicted octanol–water partition coefficient (Wildman–Crippen LogP) is 4.95. The summed E-state index contributed by atoms with van der Waals surface area (Å²) in [6, 6.07) is 18.5. The van der Waals surface area contributed by atoms with Crippen molar-refractivity contribution in [2.24, 2.45) is 5.92 Å². The summed E-state index contributed by atoms with van der Waals surface area (Å²) >= 11 is 0. The minimum Gasteiger partial charge on any atom is -0.342 e. The Kier molecular flexibility index (Phi) is 3.93. The average Bonchev–Trinajstić information content (AvgIpc) is 3.50. The van der Waals surface area contributed by atoms with Gasteiger partial charge in [0.25, 0.3) is 0 Å². The number of aromatic amines is 1. The van der Waals surface area contributed by atoms with Crippen molar-refractivity contribution in [1.29, 1.82) is 0 Å². The molecule has 1 fully saturated rings. The van der Waals surface area contributed by atoms with E-state index in [9.17, 15) is 4.79 Å². The number of H-pyrrole nitrogens is 1. The van der Waals surface area contributed by atoms with Gasteiger partial charge in [0, 0.05) is 23.2 Å². The lowest BCUT2D eigenvalue weighted by atomic mass is 10.0. The van der Waals surface area contributed by atoms with Crippen LogP contribution in [0.1, 0.15) is 18.7 Å². The molecule has 2 aromatic carbocycles. The van der Waals surface area contributed by atoms with Crippen LogP contribution in [0.5, 0.6) is 0 Å². The molecule has 5 rings (SSSR count). The molecule has 1 aliphatic rings. The van der Waals surface area contributed by atoms with Gasteiger partial charge < -0.3 is 10.3 Å². The number of hydrogen-bond donors (Lipinski definition) is 2. The quantitative estimate of drug-likeness (QED) is 0.535. The molecule has 5 nitrogen and oxygen atoms in total. The third-order valence-electron chi connectivity index (χ3n) is 5.09. The van der Waals surface area contributed by atoms with E-state index in [1.165, 1.54) is 10.8 Å². The fraction of sp³-hybridized carbons (Fsp3) is 0.174. The number of rotatable bonds is 4. The summed E-state index contributed by atoms with van der Waals surface area (Å²) < 4.78 is 0. The number of anilines is 1. The number of hydrogen-bond acceptors (Lipinski definition) is 3. The Hall–Kier alpha value is -3.47. The van der Waals surface area contributed by atoms with E-state index in [0.717, 1.165) is 41.2 Å². The molecule has 0 spiro atoms. The molecule has 2 aromatic heterocycles. The zero-order valence-corrected chi connectivity index (χ0v) is 15.6. The fourth-order valence-electron chi connectivity index (χ4n) is 3.47. The third kappa shape index (κ3) is 3.16. The number of carbonyl (C=O) groups is 1. The summed E-state index contributed by atoms with van der Waals surface area (Å²) in [5.74, 6) is 1.62. The molecule has 138 valence electrons. The van der Waals surface area contributed by atoms with E-state index in [1.807, 2.05) is 31.2 Å². The molecule has 28 heavy (non-hydrogen) atoms. The van der Waals surface area contributed by atoms with Gasteiger partial charge in [-0.15, -0.1) is 0 Å². The van der Waals surface area contributed by atoms with Gasteiger partial charge in [0.1, 0.15) is 11.6 Å². The summed E-state index contributed by atoms with van der Waals surface area (Å²) in [6.07, 6.45) is 3.66. The van der Waals surface area contributed by atoms with Crippen LogP contribution < -0.4 is 5.32 Å². The first kappa shape index (κ1) is 16.7. The van der Waals surface area contributed by atoms with Crippen LogP contribution in [0.15, 0.2) is 60.8 Å². The van der Waals surface area contributed by atoms with Crippen LogP contribution in [-0.2, 0) is 4.79 Å². The lowest BCUT2D eigenvalue weighted by molar-refractivity contribution is -0.117. The molecule has 0 atom stereocenters. The molecule has 1 amide bonds. The molecular weight excluding hydrogens is 348 g/mol. The molecule has 2 N–H and O–H groups in total. The number of imidazole rings is 1. The van der Waals surface area contributed by atoms with Crippen LogP contribution in [0, 0.1) is 12.8 Å². The number of pyridine rings is 1. The topological polar surface area (TPSA) is 70.7 Å². The zero-order chi connectivity index (χ0) is 19.1. The monoisotopic (exact) mass is 368 g/mol. The minimum absolute atomic E-state index is 0.0557. The first-order valence-electron chi connectivity index (χ1n) is 9.50. The predicted molar refractivity (Wildman–Crippen MR) is 111 cm³/mol. The van der Waals surface area contributed by atoms with Gasteiger partial charge in [0.05, 0.1) is 11.4 Å². The highest BCUT2D eigenvalue weighted by Crippen LogP contribution is 2.33. The number of nitrogens with zero attached hydrogens (tertiary/aromatic N) is 2. The van der Waals surface area contributed by atoms with E-state index in [0.29, 0.717) is 5.82 Å². The van der Waals surface area contributed by atoms with Gasteiger partial charge in [-0.1, -0.05) is 36.4 Å². The Balaban J connectivity index is 1.55. The van der Waals surface area contributed by atoms with Crippen molar-refractivity contribution in [2.45, 2.75) is 19.8 Å². The van der Waals surface area contributed by atoms with Crippen molar-refractivity contribution < 1.29 is 4.79 Å². The smallest absolute Gasteiger partial charge is 0.228 e. The van der Waals surface area contributed by atoms with Gasteiger partial charge >= 0.3 is 0 Å². The summed E-state index contributed by atoms with van der Waals surface area (Å²) in [5.41, 5.74) is 3.83. The van der Waals surface area contributed by atoms with Crippen LogP contribution in [0.25, 0.3) is 33.3 Å². The van der Waals surface area contributed by atoms with Crippen molar-refractivity contribution in [3.05, 3.63) is 66.6 Å². The number of benzene rings is 2. The van der Waals surface area contributed by atoms with Gasteiger partial charge in [-0.25, -0.2) is 9.97 Å². The molecule has 4 aromatic rings. The molecule has 2 heterocycles. The van der Waals surface area contributed by atoms with Crippen LogP contribution >= 0.6 is 0 Å². The second-order valence-electron chi connectivity index (χ2n) is 7.30. The first-order chi connectivity index (χ1) is 13.7. The Morgan fingerprint density at radius 1 is 1.04 bits per heavy atom. The molecule has 0 aliphatic heterocycles. The van der Waals surface area contributed by atoms with Gasteiger partial charge in [-0.2, -0.15) is 0 Å². The molecule has 5 heteroatoms. The van der Waals surface area contributed by atoms with Crippen LogP contribution in [0.2, 0.25) is 0 Å². The third-order valence-corrected chi connectivity index (χ3v) is 5.09. The summed E-state index contributed by atoms with van der Waals surface area (Å²) in [7, 11) is 0. The van der Waals surface area contributed by atoms with Gasteiger partial charge in [-0.3, -0.25) is 4.79 Å². The molecule has 0 radical (unpaired) electrons. The van der Waals surface area contributed by atoms with Gasteiger partial charge in [-0.05, 0) is 48.7 Å². The molecule has 1 saturated carbocycles. The Labute approximate surface area is 162 Å². The number of carbonyl (C=O) groups excluding carboxylic acids is 1. The van der Waals surface area contributed by atoms with E-state index >= 15 is 0 Å². The van der Waals surface area contributed by atoms with Crippen molar-refractivity contribution in [3.8, 4) is 22.5 Å². The Morgan fingerprint density at radius 3 is 2.68 bits per heavy atom. The van der Waals surface area contributed by atoms with Crippen LogP contribution in [0.4, 0.5) is 5.82 Å².